The Morgan fingerprint density at radius 2 is 2.07 bits per heavy atom. The first-order valence-corrected chi connectivity index (χ1v) is 10.6. The number of nitrogens with zero attached hydrogens (tertiary/aromatic N) is 3. The molecule has 28 heavy (non-hydrogen) atoms. The molecule has 2 unspecified atom stereocenters. The summed E-state index contributed by atoms with van der Waals surface area (Å²) in [6.07, 6.45) is 5.27. The van der Waals surface area contributed by atoms with Gasteiger partial charge in [0.1, 0.15) is 0 Å². The van der Waals surface area contributed by atoms with E-state index in [0.717, 1.165) is 50.2 Å². The van der Waals surface area contributed by atoms with Gasteiger partial charge in [0, 0.05) is 31.4 Å². The summed E-state index contributed by atoms with van der Waals surface area (Å²) in [7, 11) is 1.98. The standard InChI is InChI=1S/C23H32N4O/c1-16-19(17(2)25-24-16)11-7-13-26(3)23(28)20-15-22(18-9-5-4-6-10-18)27-14-8-12-21(20)27/h4-6,9-10,20-22H,7-8,11-15H2,1-3H3,(H,24,25)/t20?,21-,22?/m0/s1. The molecule has 0 saturated carbocycles. The van der Waals surface area contributed by atoms with Crippen LogP contribution in [0.25, 0.3) is 0 Å². The van der Waals surface area contributed by atoms with Gasteiger partial charge in [-0.05, 0) is 63.6 Å². The second kappa shape index (κ2) is 8.08. The number of aryl methyl sites for hydroxylation is 2. The Morgan fingerprint density at radius 3 is 2.79 bits per heavy atom. The van der Waals surface area contributed by atoms with Crippen molar-refractivity contribution in [2.75, 3.05) is 20.1 Å². The van der Waals surface area contributed by atoms with Crippen LogP contribution in [-0.4, -0.2) is 52.1 Å². The molecule has 150 valence electrons. The maximum absolute atomic E-state index is 13.3. The second-order valence-corrected chi connectivity index (χ2v) is 8.49. The molecule has 1 amide bonds. The lowest BCUT2D eigenvalue weighted by Crippen LogP contribution is -2.39. The van der Waals surface area contributed by atoms with Gasteiger partial charge in [-0.2, -0.15) is 5.10 Å². The van der Waals surface area contributed by atoms with Crippen LogP contribution < -0.4 is 0 Å². The Kier molecular flexibility index (Phi) is 5.54. The van der Waals surface area contributed by atoms with Gasteiger partial charge in [-0.3, -0.25) is 14.8 Å². The van der Waals surface area contributed by atoms with Gasteiger partial charge in [0.15, 0.2) is 0 Å². The normalized spacial score (nSPS) is 24.5. The molecule has 4 rings (SSSR count). The van der Waals surface area contributed by atoms with Crippen LogP contribution in [0.3, 0.4) is 0 Å². The van der Waals surface area contributed by atoms with Crippen molar-refractivity contribution >= 4 is 5.91 Å². The van der Waals surface area contributed by atoms with Crippen LogP contribution in [0, 0.1) is 19.8 Å². The van der Waals surface area contributed by atoms with Crippen LogP contribution in [0.4, 0.5) is 0 Å². The largest absolute Gasteiger partial charge is 0.345 e. The molecule has 2 aliphatic rings. The van der Waals surface area contributed by atoms with Gasteiger partial charge in [-0.1, -0.05) is 30.3 Å². The van der Waals surface area contributed by atoms with Gasteiger partial charge < -0.3 is 4.90 Å². The molecule has 0 aliphatic carbocycles. The first kappa shape index (κ1) is 19.2. The molecular weight excluding hydrogens is 348 g/mol. The van der Waals surface area contributed by atoms with E-state index >= 15 is 0 Å². The van der Waals surface area contributed by atoms with E-state index in [4.69, 9.17) is 0 Å². The van der Waals surface area contributed by atoms with E-state index in [2.05, 4.69) is 52.4 Å². The summed E-state index contributed by atoms with van der Waals surface area (Å²) in [6.45, 7) is 6.05. The molecule has 5 nitrogen and oxygen atoms in total. The highest BCUT2D eigenvalue weighted by Crippen LogP contribution is 2.45. The summed E-state index contributed by atoms with van der Waals surface area (Å²) in [5.74, 6) is 0.464. The molecule has 1 N–H and O–H groups in total. The topological polar surface area (TPSA) is 52.2 Å². The molecule has 1 aromatic carbocycles. The van der Waals surface area contributed by atoms with Gasteiger partial charge in [0.05, 0.1) is 11.6 Å². The average molecular weight is 381 g/mol. The maximum Gasteiger partial charge on any atom is 0.227 e. The number of benzene rings is 1. The molecule has 2 saturated heterocycles. The highest BCUT2D eigenvalue weighted by molar-refractivity contribution is 5.80. The summed E-state index contributed by atoms with van der Waals surface area (Å²) in [5, 5.41) is 7.33. The van der Waals surface area contributed by atoms with E-state index in [9.17, 15) is 4.79 Å². The fourth-order valence-electron chi connectivity index (χ4n) is 5.26. The minimum Gasteiger partial charge on any atom is -0.345 e. The number of nitrogens with one attached hydrogen (secondary N) is 1. The third kappa shape index (κ3) is 3.60. The van der Waals surface area contributed by atoms with E-state index in [-0.39, 0.29) is 5.92 Å². The van der Waals surface area contributed by atoms with Crippen LogP contribution in [0.15, 0.2) is 30.3 Å². The monoisotopic (exact) mass is 380 g/mol. The summed E-state index contributed by atoms with van der Waals surface area (Å²) in [4.78, 5) is 17.8. The minimum atomic E-state index is 0.134. The Morgan fingerprint density at radius 1 is 1.29 bits per heavy atom. The number of aromatic amines is 1. The van der Waals surface area contributed by atoms with Crippen LogP contribution in [0.1, 0.15) is 54.2 Å². The van der Waals surface area contributed by atoms with Crippen molar-refractivity contribution in [3.05, 3.63) is 52.8 Å². The third-order valence-electron chi connectivity index (χ3n) is 6.76. The number of amides is 1. The quantitative estimate of drug-likeness (QED) is 0.832. The Hall–Kier alpha value is -2.14. The predicted octanol–water partition coefficient (Wildman–Crippen LogP) is 3.64. The zero-order valence-corrected chi connectivity index (χ0v) is 17.3. The third-order valence-corrected chi connectivity index (χ3v) is 6.76. The molecule has 1 aromatic heterocycles. The number of hydrogen-bond acceptors (Lipinski definition) is 3. The molecule has 0 bridgehead atoms. The van der Waals surface area contributed by atoms with Gasteiger partial charge in [-0.15, -0.1) is 0 Å². The Bertz CT molecular complexity index is 796. The van der Waals surface area contributed by atoms with Crippen molar-refractivity contribution in [2.24, 2.45) is 5.92 Å². The lowest BCUT2D eigenvalue weighted by molar-refractivity contribution is -0.134. The highest BCUT2D eigenvalue weighted by Gasteiger charge is 2.47. The molecule has 3 heterocycles. The molecule has 2 aliphatic heterocycles. The Balaban J connectivity index is 1.38. The molecule has 2 fully saturated rings. The molecule has 3 atom stereocenters. The fourth-order valence-corrected chi connectivity index (χ4v) is 5.26. The lowest BCUT2D eigenvalue weighted by atomic mass is 9.93. The van der Waals surface area contributed by atoms with E-state index in [0.29, 0.717) is 18.0 Å². The van der Waals surface area contributed by atoms with E-state index < -0.39 is 0 Å². The zero-order valence-electron chi connectivity index (χ0n) is 17.3. The maximum atomic E-state index is 13.3. The zero-order chi connectivity index (χ0) is 19.7. The number of aromatic nitrogens is 2. The number of hydrogen-bond donors (Lipinski definition) is 1. The van der Waals surface area contributed by atoms with Crippen molar-refractivity contribution in [1.29, 1.82) is 0 Å². The van der Waals surface area contributed by atoms with Crippen molar-refractivity contribution in [2.45, 2.75) is 58.0 Å². The summed E-state index contributed by atoms with van der Waals surface area (Å²) in [6, 6.07) is 11.5. The van der Waals surface area contributed by atoms with Crippen molar-refractivity contribution in [1.82, 2.24) is 20.0 Å². The molecular formula is C23H32N4O. The number of carbonyl (C=O) groups is 1. The summed E-state index contributed by atoms with van der Waals surface area (Å²) < 4.78 is 0. The molecule has 2 aromatic rings. The number of carbonyl (C=O) groups excluding carboxylic acids is 1. The van der Waals surface area contributed by atoms with E-state index in [1.165, 1.54) is 17.5 Å². The van der Waals surface area contributed by atoms with Crippen LogP contribution in [-0.2, 0) is 11.2 Å². The van der Waals surface area contributed by atoms with Gasteiger partial charge in [0.25, 0.3) is 0 Å². The number of rotatable bonds is 6. The molecule has 5 heteroatoms. The highest BCUT2D eigenvalue weighted by atomic mass is 16.2. The van der Waals surface area contributed by atoms with Crippen LogP contribution in [0.2, 0.25) is 0 Å². The van der Waals surface area contributed by atoms with Crippen molar-refractivity contribution < 1.29 is 4.79 Å². The first-order valence-electron chi connectivity index (χ1n) is 10.6. The predicted molar refractivity (Wildman–Crippen MR) is 111 cm³/mol. The van der Waals surface area contributed by atoms with E-state index in [1.54, 1.807) is 0 Å². The van der Waals surface area contributed by atoms with Crippen LogP contribution in [0.5, 0.6) is 0 Å². The number of fused-ring (bicyclic) bond motifs is 1. The minimum absolute atomic E-state index is 0.134. The summed E-state index contributed by atoms with van der Waals surface area (Å²) in [5.41, 5.74) is 4.88. The van der Waals surface area contributed by atoms with Gasteiger partial charge >= 0.3 is 0 Å². The average Bonchev–Trinajstić information content (AvgIpc) is 3.39. The summed E-state index contributed by atoms with van der Waals surface area (Å²) >= 11 is 0. The fraction of sp³-hybridized carbons (Fsp3) is 0.565. The van der Waals surface area contributed by atoms with Crippen molar-refractivity contribution in [3.63, 3.8) is 0 Å². The molecule has 0 spiro atoms. The SMILES string of the molecule is Cc1n[nH]c(C)c1CCCN(C)C(=O)C1CC(c2ccccc2)N2CCC[C@@H]12. The second-order valence-electron chi connectivity index (χ2n) is 8.49. The molecule has 0 radical (unpaired) electrons. The smallest absolute Gasteiger partial charge is 0.227 e. The van der Waals surface area contributed by atoms with Gasteiger partial charge in [-0.25, -0.2) is 0 Å². The van der Waals surface area contributed by atoms with Crippen LogP contribution >= 0.6 is 0 Å². The van der Waals surface area contributed by atoms with Gasteiger partial charge in [0.2, 0.25) is 5.91 Å². The van der Waals surface area contributed by atoms with E-state index in [1.807, 2.05) is 18.9 Å². The van der Waals surface area contributed by atoms with Crippen molar-refractivity contribution in [3.8, 4) is 0 Å². The first-order chi connectivity index (χ1) is 13.6. The lowest BCUT2D eigenvalue weighted by Gasteiger charge is -2.26. The Labute approximate surface area is 168 Å². The number of H-pyrrole nitrogens is 1.